The first-order valence-electron chi connectivity index (χ1n) is 38.9. The predicted molar refractivity (Wildman–Crippen MR) is 434 cm³/mol. The van der Waals surface area contributed by atoms with E-state index in [1.807, 2.05) is 0 Å². The lowest BCUT2D eigenvalue weighted by Gasteiger charge is -2.37. The maximum absolute atomic E-state index is 12.4. The summed E-state index contributed by atoms with van der Waals surface area (Å²) < 4.78 is 122. The minimum Gasteiger partial charge on any atom is -0.390 e. The van der Waals surface area contributed by atoms with E-state index in [1.54, 1.807) is 155 Å². The molecule has 0 spiro atoms. The van der Waals surface area contributed by atoms with Crippen molar-refractivity contribution in [3.8, 4) is 0 Å². The normalized spacial score (nSPS) is 24.1. The molecule has 4 aliphatic rings. The predicted octanol–water partition coefficient (Wildman–Crippen LogP) is 4.28. The molecule has 0 saturated carbocycles. The Kier molecular flexibility index (Phi) is 56.6. The number of carbonyl (C=O) groups is 4. The molecule has 0 aliphatic carbocycles. The first kappa shape index (κ1) is 102. The van der Waals surface area contributed by atoms with E-state index >= 15 is 0 Å². The topological polar surface area (TPSA) is 316 Å². The number of aliphatic hydroxyl groups is 2. The Balaban J connectivity index is 0.913. The van der Waals surface area contributed by atoms with Gasteiger partial charge in [-0.25, -0.2) is 0 Å². The number of hydrogen-bond acceptors (Lipinski definition) is 33. The second-order valence-corrected chi connectivity index (χ2v) is 35.0. The number of aliphatic hydroxyl groups excluding tert-OH is 2. The van der Waals surface area contributed by atoms with Gasteiger partial charge >= 0.3 is 0 Å². The van der Waals surface area contributed by atoms with Crippen LogP contribution in [0, 0.1) is 0 Å². The molecule has 31 nitrogen and oxygen atoms in total. The number of ether oxygens (including phenoxy) is 21. The highest BCUT2D eigenvalue weighted by atomic mass is 32.2. The fourth-order valence-corrected chi connectivity index (χ4v) is 16.5. The fraction of sp³-hybridized carbons (Fsp3) is 0.946. The molecule has 0 aromatic rings. The number of hydrogen-bond donors (Lipinski definition) is 2. The summed E-state index contributed by atoms with van der Waals surface area (Å²) in [6.45, 7) is 18.3. The maximum atomic E-state index is 12.4. The highest BCUT2D eigenvalue weighted by Gasteiger charge is 2.45. The highest BCUT2D eigenvalue weighted by molar-refractivity contribution is 8.00. The van der Waals surface area contributed by atoms with Crippen molar-refractivity contribution in [2.75, 3.05) is 310 Å². The molecular formula is C74H138N4O27S6. The van der Waals surface area contributed by atoms with Gasteiger partial charge in [-0.05, 0) is 101 Å². The van der Waals surface area contributed by atoms with Gasteiger partial charge in [0.1, 0.15) is 24.4 Å². The molecule has 4 heterocycles. The van der Waals surface area contributed by atoms with Crippen LogP contribution in [0.5, 0.6) is 0 Å². The monoisotopic (exact) mass is 1710 g/mol. The summed E-state index contributed by atoms with van der Waals surface area (Å²) in [6, 6.07) is 0. The summed E-state index contributed by atoms with van der Waals surface area (Å²) in [5.41, 5.74) is 0. The fourth-order valence-electron chi connectivity index (χ4n) is 10.6. The molecule has 2 atom stereocenters. The third-order valence-corrected chi connectivity index (χ3v) is 24.1. The molecule has 2 N–H and O–H groups in total. The number of amides is 4. The second-order valence-electron chi connectivity index (χ2n) is 28.1. The van der Waals surface area contributed by atoms with Crippen LogP contribution in [0.4, 0.5) is 0 Å². The van der Waals surface area contributed by atoms with E-state index in [2.05, 4.69) is 0 Å². The number of likely N-dealkylation sites (N-methyl/N-ethyl adjacent to an activating group) is 4. The second kappa shape index (κ2) is 61.4. The molecule has 0 aromatic carbocycles. The Morgan fingerprint density at radius 1 is 0.306 bits per heavy atom. The molecule has 4 aliphatic heterocycles. The van der Waals surface area contributed by atoms with Crippen LogP contribution in [0.1, 0.15) is 66.2 Å². The van der Waals surface area contributed by atoms with Crippen molar-refractivity contribution >= 4 is 94.2 Å². The van der Waals surface area contributed by atoms with Crippen LogP contribution in [0.3, 0.4) is 0 Å². The van der Waals surface area contributed by atoms with Gasteiger partial charge in [-0.1, -0.05) is 0 Å². The molecule has 652 valence electrons. The van der Waals surface area contributed by atoms with E-state index < -0.39 is 35.4 Å². The summed E-state index contributed by atoms with van der Waals surface area (Å²) in [5.74, 6) is 3.30. The van der Waals surface area contributed by atoms with E-state index in [0.717, 1.165) is 96.1 Å². The van der Waals surface area contributed by atoms with Crippen molar-refractivity contribution < 1.29 is 129 Å². The van der Waals surface area contributed by atoms with Gasteiger partial charge in [0.05, 0.1) is 170 Å². The van der Waals surface area contributed by atoms with Gasteiger partial charge in [-0.15, -0.1) is 0 Å². The van der Waals surface area contributed by atoms with E-state index in [9.17, 15) is 29.4 Å². The Labute approximate surface area is 687 Å². The quantitative estimate of drug-likeness (QED) is 0.0803. The lowest BCUT2D eigenvalue weighted by molar-refractivity contribution is -0.278. The molecule has 4 rings (SSSR count). The van der Waals surface area contributed by atoms with Crippen LogP contribution < -0.4 is 0 Å². The van der Waals surface area contributed by atoms with Gasteiger partial charge < -0.3 is 129 Å². The zero-order valence-corrected chi connectivity index (χ0v) is 73.4. The van der Waals surface area contributed by atoms with Crippen molar-refractivity contribution in [2.45, 2.75) is 138 Å². The minimum absolute atomic E-state index is 0.0534. The molecule has 37 heteroatoms. The Bertz CT molecular complexity index is 2100. The molecule has 0 bridgehead atoms. The highest BCUT2D eigenvalue weighted by Crippen LogP contribution is 2.27. The maximum Gasteiger partial charge on any atom is 0.282 e. The molecule has 4 fully saturated rings. The number of rotatable bonds is 68. The Morgan fingerprint density at radius 3 is 0.685 bits per heavy atom. The van der Waals surface area contributed by atoms with Crippen molar-refractivity contribution in [1.29, 1.82) is 0 Å². The zero-order valence-electron chi connectivity index (χ0n) is 68.5. The van der Waals surface area contributed by atoms with Crippen LogP contribution in [0.25, 0.3) is 0 Å². The minimum atomic E-state index is -1.29. The van der Waals surface area contributed by atoms with Crippen molar-refractivity contribution in [3.05, 3.63) is 0 Å². The number of nitrogens with zero attached hydrogens (tertiary/aromatic N) is 4. The van der Waals surface area contributed by atoms with Crippen LogP contribution in [0.2, 0.25) is 0 Å². The van der Waals surface area contributed by atoms with E-state index in [4.69, 9.17) is 99.5 Å². The smallest absolute Gasteiger partial charge is 0.282 e. The third-order valence-electron chi connectivity index (χ3n) is 17.0. The van der Waals surface area contributed by atoms with Crippen LogP contribution >= 0.6 is 70.6 Å². The largest absolute Gasteiger partial charge is 0.390 e. The van der Waals surface area contributed by atoms with E-state index in [-0.39, 0.29) is 126 Å². The lowest BCUT2D eigenvalue weighted by atomic mass is 10.2. The number of carbonyl (C=O) groups excluding carboxylic acids is 4. The van der Waals surface area contributed by atoms with E-state index in [0.29, 0.717) is 130 Å². The average Bonchev–Trinajstić information content (AvgIpc) is 0.842. The van der Waals surface area contributed by atoms with E-state index in [1.165, 1.54) is 19.6 Å². The van der Waals surface area contributed by atoms with Crippen LogP contribution in [0.15, 0.2) is 0 Å². The third kappa shape index (κ3) is 45.9. The lowest BCUT2D eigenvalue weighted by Crippen LogP contribution is -2.54. The van der Waals surface area contributed by atoms with Crippen LogP contribution in [-0.4, -0.2) is 436 Å². The molecule has 0 radical (unpaired) electrons. The molecule has 4 amide bonds. The van der Waals surface area contributed by atoms with Crippen molar-refractivity contribution in [3.63, 3.8) is 0 Å². The van der Waals surface area contributed by atoms with Gasteiger partial charge in [-0.2, -0.15) is 70.6 Å². The summed E-state index contributed by atoms with van der Waals surface area (Å²) in [7, 11) is 13.4. The molecule has 4 saturated heterocycles. The summed E-state index contributed by atoms with van der Waals surface area (Å²) >= 11 is 10.5. The standard InChI is InChI=1S/C74H138N4O27S6/c1-71(67(81)75(5)6)98-45-61(46-99-71)92-21-15-39-108-55-65(56-109-40-16-22-93-62-47-100-72(2,101-48-62)68(82)76(7)8)96-43-59(79)53-106-37-13-19-85-25-27-87-29-31-89-33-35-91-36-34-90-32-30-88-28-26-86-20-14-38-107-54-60(80)44-97-66(57-110-41-17-23-94-63-49-102-73(3,103-50-63)69(83)77(9)10)58-111-42-18-24-95-64-51-104-74(4,105-52-64)70(84)78(11)12/h59-66,79-80H,13-58H2,1-12H3. The summed E-state index contributed by atoms with van der Waals surface area (Å²) in [6.07, 6.45) is 2.78. The summed E-state index contributed by atoms with van der Waals surface area (Å²) in [5, 5.41) is 21.7. The molecule has 111 heavy (non-hydrogen) atoms. The first-order chi connectivity index (χ1) is 53.4. The molecule has 0 aromatic heterocycles. The summed E-state index contributed by atoms with van der Waals surface area (Å²) in [4.78, 5) is 55.6. The average molecular weight is 1710 g/mol. The molecular weight excluding hydrogens is 1570 g/mol. The van der Waals surface area contributed by atoms with Crippen LogP contribution in [-0.2, 0) is 119 Å². The zero-order chi connectivity index (χ0) is 80.9. The van der Waals surface area contributed by atoms with Gasteiger partial charge in [0.15, 0.2) is 0 Å². The Hall–Kier alpha value is -0.940. The van der Waals surface area contributed by atoms with Gasteiger partial charge in [0.25, 0.3) is 23.6 Å². The SMILES string of the molecule is CN(C)C(=O)C1(C)OCC(OCCCSCC(CSCCCOC2COC(C)(C(=O)N(C)C)OC2)OCC(O)CSCCCOCCOCCOCCOCCOCCOCCOCCCSCC(O)COC(CSCCCOC2COC(C)(C(=O)N(C)C)OC2)CSCCCOC2COC(C)(C(=O)N(C)C)OC2)CO1. The number of thioether (sulfide) groups is 6. The first-order valence-corrected chi connectivity index (χ1v) is 45.9. The Morgan fingerprint density at radius 2 is 0.486 bits per heavy atom. The van der Waals surface area contributed by atoms with Gasteiger partial charge in [0.2, 0.25) is 23.1 Å². The van der Waals surface area contributed by atoms with Crippen molar-refractivity contribution in [1.82, 2.24) is 19.6 Å². The van der Waals surface area contributed by atoms with Gasteiger partial charge in [-0.3, -0.25) is 19.2 Å². The van der Waals surface area contributed by atoms with Crippen molar-refractivity contribution in [2.24, 2.45) is 0 Å². The molecule has 2 unspecified atom stereocenters. The van der Waals surface area contributed by atoms with Gasteiger partial charge in [0, 0.05) is 131 Å².